The van der Waals surface area contributed by atoms with Crippen LogP contribution in [0.4, 0.5) is 0 Å². The maximum atomic E-state index is 12.6. The van der Waals surface area contributed by atoms with Crippen LogP contribution in [0.15, 0.2) is 10.5 Å². The van der Waals surface area contributed by atoms with Gasteiger partial charge in [0.25, 0.3) is 0 Å². The first-order valence-electron chi connectivity index (χ1n) is 7.52. The number of Topliss-reactive ketones (excluding diaryl/α,β-unsaturated/α-hetero) is 1. The molecule has 0 N–H and O–H groups in total. The van der Waals surface area contributed by atoms with Crippen molar-refractivity contribution in [3.8, 4) is 0 Å². The van der Waals surface area contributed by atoms with E-state index >= 15 is 0 Å². The monoisotopic (exact) mass is 366 g/mol. The van der Waals surface area contributed by atoms with E-state index in [9.17, 15) is 4.79 Å². The maximum Gasteiger partial charge on any atom is 0.178 e. The van der Waals surface area contributed by atoms with E-state index in [0.717, 1.165) is 46.5 Å². The Hall–Kier alpha value is -0.940. The fourth-order valence-electron chi connectivity index (χ4n) is 2.89. The van der Waals surface area contributed by atoms with E-state index < -0.39 is 0 Å². The van der Waals surface area contributed by atoms with Crippen LogP contribution >= 0.6 is 27.3 Å². The summed E-state index contributed by atoms with van der Waals surface area (Å²) in [5.41, 5.74) is 3.43. The summed E-state index contributed by atoms with van der Waals surface area (Å²) < 4.78 is 2.95. The van der Waals surface area contributed by atoms with E-state index in [2.05, 4.69) is 40.9 Å². The Labute approximate surface area is 137 Å². The van der Waals surface area contributed by atoms with Crippen LogP contribution in [0.2, 0.25) is 0 Å². The highest BCUT2D eigenvalue weighted by Crippen LogP contribution is 2.32. The lowest BCUT2D eigenvalue weighted by molar-refractivity contribution is 0.0994. The maximum absolute atomic E-state index is 12.6. The van der Waals surface area contributed by atoms with Crippen molar-refractivity contribution < 1.29 is 4.79 Å². The predicted octanol–water partition coefficient (Wildman–Crippen LogP) is 4.20. The van der Waals surface area contributed by atoms with Gasteiger partial charge < -0.3 is 0 Å². The zero-order chi connectivity index (χ0) is 15.0. The smallest absolute Gasteiger partial charge is 0.178 e. The Kier molecular flexibility index (Phi) is 4.31. The quantitative estimate of drug-likeness (QED) is 0.743. The number of carbonyl (C=O) groups is 1. The number of halogens is 1. The molecule has 0 saturated heterocycles. The van der Waals surface area contributed by atoms with Crippen molar-refractivity contribution >= 4 is 33.0 Å². The highest BCUT2D eigenvalue weighted by atomic mass is 79.9. The molecule has 1 aliphatic carbocycles. The standard InChI is InChI=1S/C16H19BrN2OS/c1-3-11-16(17)12(19(4-2)18-11)9-13(20)15-8-10-6-5-7-14(10)21-15/h8H,3-7,9H2,1-2H3. The van der Waals surface area contributed by atoms with Crippen LogP contribution in [0.25, 0.3) is 0 Å². The molecule has 0 aromatic carbocycles. The second-order valence-electron chi connectivity index (χ2n) is 5.39. The minimum atomic E-state index is 0.215. The van der Waals surface area contributed by atoms with Gasteiger partial charge in [-0.3, -0.25) is 9.48 Å². The third kappa shape index (κ3) is 2.73. The van der Waals surface area contributed by atoms with Crippen molar-refractivity contribution in [3.05, 3.63) is 37.2 Å². The third-order valence-corrected chi connectivity index (χ3v) is 6.24. The van der Waals surface area contributed by atoms with Crippen molar-refractivity contribution in [1.29, 1.82) is 0 Å². The number of hydrogen-bond acceptors (Lipinski definition) is 3. The van der Waals surface area contributed by atoms with Gasteiger partial charge in [-0.25, -0.2) is 0 Å². The van der Waals surface area contributed by atoms with Crippen molar-refractivity contribution in [2.24, 2.45) is 0 Å². The molecule has 1 aliphatic rings. The molecule has 3 nitrogen and oxygen atoms in total. The van der Waals surface area contributed by atoms with Crippen LogP contribution in [-0.2, 0) is 32.2 Å². The molecule has 0 spiro atoms. The normalized spacial score (nSPS) is 13.7. The van der Waals surface area contributed by atoms with E-state index in [0.29, 0.717) is 6.42 Å². The van der Waals surface area contributed by atoms with Crippen molar-refractivity contribution in [1.82, 2.24) is 9.78 Å². The Morgan fingerprint density at radius 1 is 1.43 bits per heavy atom. The number of thiophene rings is 1. The first kappa shape index (κ1) is 15.0. The van der Waals surface area contributed by atoms with Gasteiger partial charge in [-0.1, -0.05) is 6.92 Å². The Balaban J connectivity index is 1.85. The van der Waals surface area contributed by atoms with Crippen LogP contribution in [0, 0.1) is 0 Å². The van der Waals surface area contributed by atoms with Gasteiger partial charge in [-0.15, -0.1) is 11.3 Å². The summed E-state index contributed by atoms with van der Waals surface area (Å²) in [6.45, 7) is 4.94. The third-order valence-electron chi connectivity index (χ3n) is 4.04. The molecule has 0 bridgehead atoms. The van der Waals surface area contributed by atoms with Gasteiger partial charge in [0.05, 0.1) is 27.2 Å². The molecule has 0 fully saturated rings. The van der Waals surface area contributed by atoms with Gasteiger partial charge in [-0.05, 0) is 60.2 Å². The molecule has 3 rings (SSSR count). The molecule has 0 saturated carbocycles. The number of aromatic nitrogens is 2. The topological polar surface area (TPSA) is 34.9 Å². The minimum absolute atomic E-state index is 0.215. The molecular formula is C16H19BrN2OS. The van der Waals surface area contributed by atoms with Crippen LogP contribution < -0.4 is 0 Å². The number of hydrogen-bond donors (Lipinski definition) is 0. The molecule has 112 valence electrons. The van der Waals surface area contributed by atoms with Gasteiger partial charge in [0, 0.05) is 11.4 Å². The molecule has 2 aromatic heterocycles. The average molecular weight is 367 g/mol. The van der Waals surface area contributed by atoms with Gasteiger partial charge in [0.1, 0.15) is 0 Å². The van der Waals surface area contributed by atoms with E-state index in [1.54, 1.807) is 11.3 Å². The number of nitrogens with zero attached hydrogens (tertiary/aromatic N) is 2. The van der Waals surface area contributed by atoms with Crippen molar-refractivity contribution in [3.63, 3.8) is 0 Å². The highest BCUT2D eigenvalue weighted by molar-refractivity contribution is 9.10. The summed E-state index contributed by atoms with van der Waals surface area (Å²) in [5, 5.41) is 4.56. The van der Waals surface area contributed by atoms with Gasteiger partial charge in [0.15, 0.2) is 5.78 Å². The summed E-state index contributed by atoms with van der Waals surface area (Å²) in [7, 11) is 0. The lowest BCUT2D eigenvalue weighted by atomic mass is 10.1. The van der Waals surface area contributed by atoms with E-state index in [4.69, 9.17) is 0 Å². The molecule has 5 heteroatoms. The number of aryl methyl sites for hydroxylation is 4. The zero-order valence-electron chi connectivity index (χ0n) is 12.4. The number of carbonyl (C=O) groups excluding carboxylic acids is 1. The van der Waals surface area contributed by atoms with E-state index in [-0.39, 0.29) is 5.78 Å². The Bertz CT molecular complexity index is 665. The van der Waals surface area contributed by atoms with E-state index in [1.165, 1.54) is 16.9 Å². The van der Waals surface area contributed by atoms with E-state index in [1.807, 2.05) is 4.68 Å². The lowest BCUT2D eigenvalue weighted by Crippen LogP contribution is -2.09. The van der Waals surface area contributed by atoms with Gasteiger partial charge >= 0.3 is 0 Å². The van der Waals surface area contributed by atoms with Gasteiger partial charge in [-0.2, -0.15) is 5.10 Å². The van der Waals surface area contributed by atoms with Crippen LogP contribution in [-0.4, -0.2) is 15.6 Å². The minimum Gasteiger partial charge on any atom is -0.293 e. The molecule has 0 radical (unpaired) electrons. The molecule has 0 aliphatic heterocycles. The molecule has 0 amide bonds. The van der Waals surface area contributed by atoms with Crippen molar-refractivity contribution in [2.75, 3.05) is 0 Å². The highest BCUT2D eigenvalue weighted by Gasteiger charge is 2.21. The second kappa shape index (κ2) is 6.05. The summed E-state index contributed by atoms with van der Waals surface area (Å²) in [6.07, 6.45) is 4.83. The summed E-state index contributed by atoms with van der Waals surface area (Å²) in [4.78, 5) is 14.9. The first-order valence-corrected chi connectivity index (χ1v) is 9.13. The molecular weight excluding hydrogens is 348 g/mol. The van der Waals surface area contributed by atoms with Crippen LogP contribution in [0.3, 0.4) is 0 Å². The molecule has 2 aromatic rings. The largest absolute Gasteiger partial charge is 0.293 e. The number of rotatable bonds is 5. The summed E-state index contributed by atoms with van der Waals surface area (Å²) in [5.74, 6) is 0.215. The first-order chi connectivity index (χ1) is 10.1. The zero-order valence-corrected chi connectivity index (χ0v) is 14.8. The lowest BCUT2D eigenvalue weighted by Gasteiger charge is -2.04. The molecule has 2 heterocycles. The average Bonchev–Trinajstić information content (AvgIpc) is 3.13. The summed E-state index contributed by atoms with van der Waals surface area (Å²) >= 11 is 5.30. The summed E-state index contributed by atoms with van der Waals surface area (Å²) in [6, 6.07) is 2.11. The van der Waals surface area contributed by atoms with Crippen LogP contribution in [0.5, 0.6) is 0 Å². The van der Waals surface area contributed by atoms with Crippen molar-refractivity contribution in [2.45, 2.75) is 52.5 Å². The Morgan fingerprint density at radius 3 is 2.90 bits per heavy atom. The van der Waals surface area contributed by atoms with Gasteiger partial charge in [0.2, 0.25) is 0 Å². The molecule has 0 unspecified atom stereocenters. The number of fused-ring (bicyclic) bond motifs is 1. The predicted molar refractivity (Wildman–Crippen MR) is 89.4 cm³/mol. The fraction of sp³-hybridized carbons (Fsp3) is 0.500. The molecule has 21 heavy (non-hydrogen) atoms. The SMILES string of the molecule is CCc1nn(CC)c(CC(=O)c2cc3c(s2)CCC3)c1Br. The fourth-order valence-corrected chi connectivity index (χ4v) is 4.79. The Morgan fingerprint density at radius 2 is 2.24 bits per heavy atom. The van der Waals surface area contributed by atoms with Crippen LogP contribution in [0.1, 0.15) is 51.8 Å². The number of ketones is 1. The second-order valence-corrected chi connectivity index (χ2v) is 7.32. The molecule has 0 atom stereocenters.